The lowest BCUT2D eigenvalue weighted by atomic mass is 9.57. The van der Waals surface area contributed by atoms with Gasteiger partial charge >= 0.3 is 5.97 Å². The first-order valence-corrected chi connectivity index (χ1v) is 6.00. The van der Waals surface area contributed by atoms with Crippen LogP contribution in [0.5, 0.6) is 0 Å². The predicted molar refractivity (Wildman–Crippen MR) is 65.8 cm³/mol. The molecule has 1 N–H and O–H groups in total. The Morgan fingerprint density at radius 1 is 1.19 bits per heavy atom. The zero-order chi connectivity index (χ0) is 10.9. The maximum Gasteiger partial charge on any atom is 0.311 e. The molecule has 0 spiro atoms. The molecule has 0 aromatic heterocycles. The van der Waals surface area contributed by atoms with E-state index in [9.17, 15) is 4.79 Å². The second kappa shape index (κ2) is 4.92. The maximum absolute atomic E-state index is 11.8. The third-order valence-corrected chi connectivity index (χ3v) is 4.42. The molecule has 3 saturated carbocycles. The number of carbonyl (C=O) groups is 1. The van der Waals surface area contributed by atoms with Gasteiger partial charge in [-0.25, -0.2) is 0 Å². The summed E-state index contributed by atoms with van der Waals surface area (Å²) in [4.78, 5) is 11.8. The highest BCUT2D eigenvalue weighted by Gasteiger charge is 2.52. The molecule has 3 aliphatic rings. The molecular weight excluding hydrogens is 226 g/mol. The van der Waals surface area contributed by atoms with Crippen molar-refractivity contribution in [2.75, 3.05) is 13.7 Å². The van der Waals surface area contributed by atoms with Crippen molar-refractivity contribution in [3.05, 3.63) is 0 Å². The summed E-state index contributed by atoms with van der Waals surface area (Å²) in [6, 6.07) is 0. The van der Waals surface area contributed by atoms with Crippen molar-refractivity contribution in [2.24, 2.45) is 5.41 Å². The predicted octanol–water partition coefficient (Wildman–Crippen LogP) is 2.28. The highest BCUT2D eigenvalue weighted by Crippen LogP contribution is 2.52. The van der Waals surface area contributed by atoms with Gasteiger partial charge in [0.2, 0.25) is 0 Å². The van der Waals surface area contributed by atoms with Gasteiger partial charge in [-0.3, -0.25) is 4.79 Å². The second-order valence-electron chi connectivity index (χ2n) is 5.08. The van der Waals surface area contributed by atoms with Gasteiger partial charge in [-0.15, -0.1) is 12.4 Å². The van der Waals surface area contributed by atoms with Gasteiger partial charge in [-0.1, -0.05) is 6.92 Å². The minimum atomic E-state index is -0.133. The van der Waals surface area contributed by atoms with Gasteiger partial charge in [0.25, 0.3) is 0 Å². The SMILES string of the molecule is CCNC12CCC(C(=O)OC)(CC1)CC2.Cl. The Morgan fingerprint density at radius 2 is 1.69 bits per heavy atom. The Balaban J connectivity index is 0.00000128. The zero-order valence-corrected chi connectivity index (χ0v) is 11.0. The van der Waals surface area contributed by atoms with E-state index < -0.39 is 0 Å². The Hall–Kier alpha value is -0.280. The van der Waals surface area contributed by atoms with Crippen LogP contribution in [0, 0.1) is 5.41 Å². The highest BCUT2D eigenvalue weighted by molar-refractivity contribution is 5.85. The molecule has 0 saturated heterocycles. The molecule has 3 rings (SSSR count). The molecule has 0 radical (unpaired) electrons. The lowest BCUT2D eigenvalue weighted by Crippen LogP contribution is -2.56. The number of nitrogens with one attached hydrogen (secondary N) is 1. The van der Waals surface area contributed by atoms with Crippen LogP contribution in [0.1, 0.15) is 45.4 Å². The van der Waals surface area contributed by atoms with Crippen LogP contribution in [0.2, 0.25) is 0 Å². The van der Waals surface area contributed by atoms with Gasteiger partial charge in [-0.2, -0.15) is 0 Å². The van der Waals surface area contributed by atoms with Crippen LogP contribution < -0.4 is 5.32 Å². The zero-order valence-electron chi connectivity index (χ0n) is 10.2. The van der Waals surface area contributed by atoms with E-state index in [-0.39, 0.29) is 23.8 Å². The third kappa shape index (κ3) is 2.07. The summed E-state index contributed by atoms with van der Waals surface area (Å²) in [5.74, 6) is 0.0206. The van der Waals surface area contributed by atoms with Crippen LogP contribution in [0.15, 0.2) is 0 Å². The van der Waals surface area contributed by atoms with E-state index in [2.05, 4.69) is 12.2 Å². The minimum absolute atomic E-state index is 0. The number of esters is 1. The van der Waals surface area contributed by atoms with Gasteiger partial charge < -0.3 is 10.1 Å². The number of carbonyl (C=O) groups excluding carboxylic acids is 1. The molecule has 0 heterocycles. The van der Waals surface area contributed by atoms with Crippen LogP contribution in [0.4, 0.5) is 0 Å². The van der Waals surface area contributed by atoms with Crippen molar-refractivity contribution in [2.45, 2.75) is 51.0 Å². The van der Waals surface area contributed by atoms with Crippen molar-refractivity contribution in [3.63, 3.8) is 0 Å². The molecule has 2 bridgehead atoms. The molecule has 0 aliphatic heterocycles. The van der Waals surface area contributed by atoms with Crippen LogP contribution in [-0.4, -0.2) is 25.2 Å². The largest absolute Gasteiger partial charge is 0.469 e. The fourth-order valence-electron chi connectivity index (χ4n) is 3.35. The summed E-state index contributed by atoms with van der Waals surface area (Å²) in [5.41, 5.74) is 0.205. The molecule has 0 amide bonds. The summed E-state index contributed by atoms with van der Waals surface area (Å²) in [6.45, 7) is 3.19. The summed E-state index contributed by atoms with van der Waals surface area (Å²) in [5, 5.41) is 3.61. The van der Waals surface area contributed by atoms with E-state index in [1.165, 1.54) is 7.11 Å². The van der Waals surface area contributed by atoms with Gasteiger partial charge in [0.15, 0.2) is 0 Å². The first-order chi connectivity index (χ1) is 7.16. The Morgan fingerprint density at radius 3 is 2.06 bits per heavy atom. The first-order valence-electron chi connectivity index (χ1n) is 6.00. The summed E-state index contributed by atoms with van der Waals surface area (Å²) >= 11 is 0. The smallest absolute Gasteiger partial charge is 0.311 e. The second-order valence-corrected chi connectivity index (χ2v) is 5.08. The summed E-state index contributed by atoms with van der Waals surface area (Å²) in [7, 11) is 1.51. The topological polar surface area (TPSA) is 38.3 Å². The fraction of sp³-hybridized carbons (Fsp3) is 0.917. The molecule has 0 aromatic carbocycles. The number of methoxy groups -OCH3 is 1. The van der Waals surface area contributed by atoms with Gasteiger partial charge in [0.05, 0.1) is 12.5 Å². The monoisotopic (exact) mass is 247 g/mol. The molecule has 0 unspecified atom stereocenters. The van der Waals surface area contributed by atoms with Crippen LogP contribution >= 0.6 is 12.4 Å². The quantitative estimate of drug-likeness (QED) is 0.778. The Bertz CT molecular complexity index is 243. The molecule has 0 aromatic rings. The van der Waals surface area contributed by atoms with Gasteiger partial charge in [0, 0.05) is 5.54 Å². The molecular formula is C12H22ClNO2. The number of ether oxygens (including phenoxy) is 1. The fourth-order valence-corrected chi connectivity index (χ4v) is 3.35. The molecule has 94 valence electrons. The van der Waals surface area contributed by atoms with Crippen molar-refractivity contribution < 1.29 is 9.53 Å². The number of fused-ring (bicyclic) bond motifs is 3. The lowest BCUT2D eigenvalue weighted by molar-refractivity contribution is -0.160. The average molecular weight is 248 g/mol. The van der Waals surface area contributed by atoms with E-state index in [0.717, 1.165) is 45.1 Å². The van der Waals surface area contributed by atoms with Crippen LogP contribution in [-0.2, 0) is 9.53 Å². The first kappa shape index (κ1) is 13.8. The van der Waals surface area contributed by atoms with Crippen LogP contribution in [0.25, 0.3) is 0 Å². The summed E-state index contributed by atoms with van der Waals surface area (Å²) < 4.78 is 4.94. The number of rotatable bonds is 3. The van der Waals surface area contributed by atoms with E-state index in [1.54, 1.807) is 0 Å². The molecule has 0 atom stereocenters. The van der Waals surface area contributed by atoms with Crippen molar-refractivity contribution in [1.82, 2.24) is 5.32 Å². The van der Waals surface area contributed by atoms with Crippen LogP contribution in [0.3, 0.4) is 0 Å². The average Bonchev–Trinajstić information content (AvgIpc) is 2.30. The van der Waals surface area contributed by atoms with E-state index in [4.69, 9.17) is 4.74 Å². The number of hydrogen-bond acceptors (Lipinski definition) is 3. The van der Waals surface area contributed by atoms with Gasteiger partial charge in [0.1, 0.15) is 0 Å². The van der Waals surface area contributed by atoms with Crippen molar-refractivity contribution >= 4 is 18.4 Å². The van der Waals surface area contributed by atoms with Gasteiger partial charge in [-0.05, 0) is 45.1 Å². The highest BCUT2D eigenvalue weighted by atomic mass is 35.5. The summed E-state index contributed by atoms with van der Waals surface area (Å²) in [6.07, 6.45) is 6.42. The standard InChI is InChI=1S/C12H21NO2.ClH/c1-3-13-12-7-4-11(5-8-12,6-9-12)10(14)15-2;/h13H,3-9H2,1-2H3;1H. The number of hydrogen-bond donors (Lipinski definition) is 1. The molecule has 16 heavy (non-hydrogen) atoms. The molecule has 3 fully saturated rings. The maximum atomic E-state index is 11.8. The lowest BCUT2D eigenvalue weighted by Gasteiger charge is -2.52. The molecule has 3 aliphatic carbocycles. The Labute approximate surface area is 104 Å². The van der Waals surface area contributed by atoms with E-state index >= 15 is 0 Å². The molecule has 4 heteroatoms. The minimum Gasteiger partial charge on any atom is -0.469 e. The van der Waals surface area contributed by atoms with Crippen molar-refractivity contribution in [3.8, 4) is 0 Å². The normalized spacial score (nSPS) is 36.6. The van der Waals surface area contributed by atoms with E-state index in [0.29, 0.717) is 5.54 Å². The van der Waals surface area contributed by atoms with E-state index in [1.807, 2.05) is 0 Å². The number of halogens is 1. The van der Waals surface area contributed by atoms with Crippen molar-refractivity contribution in [1.29, 1.82) is 0 Å². The Kier molecular flexibility index (Phi) is 4.24. The molecule has 3 nitrogen and oxygen atoms in total. The third-order valence-electron chi connectivity index (χ3n) is 4.42.